The number of nitrogens with zero attached hydrogens (tertiary/aromatic N) is 1. The maximum absolute atomic E-state index is 12.8. The zero-order valence-corrected chi connectivity index (χ0v) is 17.7. The molecule has 3 aromatic carbocycles. The van der Waals surface area contributed by atoms with E-state index in [1.54, 1.807) is 28.6 Å². The predicted octanol–water partition coefficient (Wildman–Crippen LogP) is 5.55. The van der Waals surface area contributed by atoms with E-state index in [0.29, 0.717) is 5.39 Å². The number of aromatic nitrogens is 1. The third-order valence-corrected chi connectivity index (χ3v) is 5.96. The quantitative estimate of drug-likeness (QED) is 0.420. The van der Waals surface area contributed by atoms with Gasteiger partial charge in [-0.2, -0.15) is 0 Å². The number of hydrogen-bond donors (Lipinski definition) is 1. The van der Waals surface area contributed by atoms with Gasteiger partial charge in [-0.3, -0.25) is 9.59 Å². The minimum absolute atomic E-state index is 0.0671. The number of hydrogen-bond acceptors (Lipinski definition) is 3. The van der Waals surface area contributed by atoms with Crippen molar-refractivity contribution in [2.75, 3.05) is 5.32 Å². The Morgan fingerprint density at radius 1 is 0.966 bits per heavy atom. The van der Waals surface area contributed by atoms with Crippen LogP contribution < -0.4 is 10.7 Å². The summed E-state index contributed by atoms with van der Waals surface area (Å²) in [4.78, 5) is 27.0. The fourth-order valence-corrected chi connectivity index (χ4v) is 4.32. The molecule has 0 fully saturated rings. The number of pyridine rings is 1. The highest BCUT2D eigenvalue weighted by Gasteiger charge is 2.11. The van der Waals surface area contributed by atoms with Gasteiger partial charge in [0.15, 0.2) is 5.43 Å². The summed E-state index contributed by atoms with van der Waals surface area (Å²) < 4.78 is 2.61. The maximum Gasteiger partial charge on any atom is 0.244 e. The Kier molecular flexibility index (Phi) is 5.83. The van der Waals surface area contributed by atoms with Gasteiger partial charge in [0.25, 0.3) is 0 Å². The molecule has 0 saturated carbocycles. The standard InChI is InChI=1S/C23H17BrN2O2S/c24-16-10-11-20-18(14-16)21(27)12-13-26(20)15-23(28)25-19-8-4-5-9-22(19)29-17-6-2-1-3-7-17/h1-14H,15H2,(H,25,28). The molecule has 0 spiro atoms. The van der Waals surface area contributed by atoms with Gasteiger partial charge in [0.2, 0.25) is 5.91 Å². The summed E-state index contributed by atoms with van der Waals surface area (Å²) in [6.07, 6.45) is 1.66. The Labute approximate surface area is 180 Å². The number of amides is 1. The molecule has 29 heavy (non-hydrogen) atoms. The van der Waals surface area contributed by atoms with E-state index in [2.05, 4.69) is 21.2 Å². The van der Waals surface area contributed by atoms with E-state index in [0.717, 1.165) is 25.5 Å². The van der Waals surface area contributed by atoms with Gasteiger partial charge in [-0.25, -0.2) is 0 Å². The summed E-state index contributed by atoms with van der Waals surface area (Å²) in [6, 6.07) is 24.7. The lowest BCUT2D eigenvalue weighted by Crippen LogP contribution is -2.20. The Bertz CT molecular complexity index is 1240. The number of carbonyl (C=O) groups excluding carboxylic acids is 1. The van der Waals surface area contributed by atoms with Gasteiger partial charge in [0, 0.05) is 31.9 Å². The fourth-order valence-electron chi connectivity index (χ4n) is 3.04. The van der Waals surface area contributed by atoms with E-state index in [4.69, 9.17) is 0 Å². The van der Waals surface area contributed by atoms with E-state index in [-0.39, 0.29) is 17.9 Å². The molecule has 4 rings (SSSR count). The second-order valence-electron chi connectivity index (χ2n) is 6.43. The monoisotopic (exact) mass is 464 g/mol. The number of carbonyl (C=O) groups is 1. The van der Waals surface area contributed by atoms with Crippen LogP contribution in [0.3, 0.4) is 0 Å². The average Bonchev–Trinajstić information content (AvgIpc) is 2.72. The Morgan fingerprint density at radius 2 is 1.72 bits per heavy atom. The van der Waals surface area contributed by atoms with Crippen molar-refractivity contribution in [3.8, 4) is 0 Å². The van der Waals surface area contributed by atoms with Crippen LogP contribution in [-0.2, 0) is 11.3 Å². The van der Waals surface area contributed by atoms with Gasteiger partial charge >= 0.3 is 0 Å². The molecule has 0 bridgehead atoms. The number of rotatable bonds is 5. The molecule has 0 atom stereocenters. The Hall–Kier alpha value is -2.83. The second-order valence-corrected chi connectivity index (χ2v) is 8.46. The number of nitrogens with one attached hydrogen (secondary N) is 1. The smallest absolute Gasteiger partial charge is 0.244 e. The molecular formula is C23H17BrN2O2S. The summed E-state index contributed by atoms with van der Waals surface area (Å²) >= 11 is 4.99. The van der Waals surface area contributed by atoms with E-state index in [1.807, 2.05) is 66.7 Å². The SMILES string of the molecule is O=C(Cn1ccc(=O)c2cc(Br)ccc21)Nc1ccccc1Sc1ccccc1. The van der Waals surface area contributed by atoms with Crippen LogP contribution in [0.25, 0.3) is 10.9 Å². The largest absolute Gasteiger partial charge is 0.338 e. The van der Waals surface area contributed by atoms with Gasteiger partial charge in [-0.05, 0) is 42.5 Å². The van der Waals surface area contributed by atoms with Crippen molar-refractivity contribution in [3.63, 3.8) is 0 Å². The molecule has 0 saturated heterocycles. The Morgan fingerprint density at radius 3 is 2.55 bits per heavy atom. The number of halogens is 1. The first kappa shape index (κ1) is 19.5. The molecule has 0 aliphatic heterocycles. The highest BCUT2D eigenvalue weighted by molar-refractivity contribution is 9.10. The van der Waals surface area contributed by atoms with Gasteiger partial charge in [-0.15, -0.1) is 0 Å². The lowest BCUT2D eigenvalue weighted by Gasteiger charge is -2.13. The third-order valence-electron chi connectivity index (χ3n) is 4.39. The Balaban J connectivity index is 1.56. The predicted molar refractivity (Wildman–Crippen MR) is 122 cm³/mol. The van der Waals surface area contributed by atoms with Crippen molar-refractivity contribution in [2.45, 2.75) is 16.3 Å². The van der Waals surface area contributed by atoms with E-state index in [9.17, 15) is 9.59 Å². The molecule has 6 heteroatoms. The van der Waals surface area contributed by atoms with Crippen molar-refractivity contribution in [3.05, 3.63) is 99.8 Å². The van der Waals surface area contributed by atoms with Crippen LogP contribution in [-0.4, -0.2) is 10.5 Å². The van der Waals surface area contributed by atoms with Crippen molar-refractivity contribution >= 4 is 50.2 Å². The van der Waals surface area contributed by atoms with Gasteiger partial charge in [0.05, 0.1) is 11.2 Å². The van der Waals surface area contributed by atoms with Crippen LogP contribution in [0.5, 0.6) is 0 Å². The van der Waals surface area contributed by atoms with Crippen molar-refractivity contribution in [1.29, 1.82) is 0 Å². The summed E-state index contributed by atoms with van der Waals surface area (Å²) in [5.74, 6) is -0.154. The normalized spacial score (nSPS) is 10.8. The summed E-state index contributed by atoms with van der Waals surface area (Å²) in [5.41, 5.74) is 1.42. The van der Waals surface area contributed by atoms with Crippen LogP contribution in [0.2, 0.25) is 0 Å². The van der Waals surface area contributed by atoms with Crippen LogP contribution in [0.1, 0.15) is 0 Å². The first-order valence-electron chi connectivity index (χ1n) is 9.01. The van der Waals surface area contributed by atoms with Gasteiger partial charge < -0.3 is 9.88 Å². The molecule has 1 N–H and O–H groups in total. The number of anilines is 1. The maximum atomic E-state index is 12.8. The number of para-hydroxylation sites is 1. The molecule has 4 aromatic rings. The lowest BCUT2D eigenvalue weighted by atomic mass is 10.2. The zero-order valence-electron chi connectivity index (χ0n) is 15.3. The van der Waals surface area contributed by atoms with Crippen LogP contribution >= 0.6 is 27.7 Å². The third kappa shape index (κ3) is 4.60. The first-order chi connectivity index (χ1) is 14.1. The molecule has 1 heterocycles. The molecule has 4 nitrogen and oxygen atoms in total. The lowest BCUT2D eigenvalue weighted by molar-refractivity contribution is -0.116. The second kappa shape index (κ2) is 8.68. The van der Waals surface area contributed by atoms with E-state index in [1.165, 1.54) is 6.07 Å². The minimum Gasteiger partial charge on any atom is -0.338 e. The average molecular weight is 465 g/mol. The van der Waals surface area contributed by atoms with Crippen LogP contribution in [0.4, 0.5) is 5.69 Å². The number of fused-ring (bicyclic) bond motifs is 1. The van der Waals surface area contributed by atoms with Crippen molar-refractivity contribution in [1.82, 2.24) is 4.57 Å². The van der Waals surface area contributed by atoms with E-state index < -0.39 is 0 Å². The molecule has 1 aromatic heterocycles. The van der Waals surface area contributed by atoms with Crippen molar-refractivity contribution in [2.24, 2.45) is 0 Å². The zero-order chi connectivity index (χ0) is 20.2. The van der Waals surface area contributed by atoms with Gasteiger partial charge in [0.1, 0.15) is 6.54 Å². The highest BCUT2D eigenvalue weighted by atomic mass is 79.9. The summed E-state index contributed by atoms with van der Waals surface area (Å²) in [5, 5.41) is 3.58. The van der Waals surface area contributed by atoms with Gasteiger partial charge in [-0.1, -0.05) is 58.0 Å². The highest BCUT2D eigenvalue weighted by Crippen LogP contribution is 2.33. The molecule has 0 radical (unpaired) electrons. The molecular weight excluding hydrogens is 448 g/mol. The van der Waals surface area contributed by atoms with Crippen LogP contribution in [0, 0.1) is 0 Å². The molecule has 1 amide bonds. The van der Waals surface area contributed by atoms with Crippen molar-refractivity contribution < 1.29 is 4.79 Å². The molecule has 144 valence electrons. The fraction of sp³-hybridized carbons (Fsp3) is 0.0435. The van der Waals surface area contributed by atoms with E-state index >= 15 is 0 Å². The molecule has 0 unspecified atom stereocenters. The first-order valence-corrected chi connectivity index (χ1v) is 10.6. The van der Waals surface area contributed by atoms with Crippen LogP contribution in [0.15, 0.2) is 104 Å². The molecule has 0 aliphatic carbocycles. The minimum atomic E-state index is -0.154. The molecule has 0 aliphatic rings. The summed E-state index contributed by atoms with van der Waals surface area (Å²) in [6.45, 7) is 0.114. The number of benzene rings is 3. The topological polar surface area (TPSA) is 51.1 Å². The summed E-state index contributed by atoms with van der Waals surface area (Å²) in [7, 11) is 0.